The van der Waals surface area contributed by atoms with Gasteiger partial charge in [0, 0.05) is 10.6 Å². The minimum atomic E-state index is -0.306. The number of rotatable bonds is 3. The molecule has 5 rings (SSSR count). The van der Waals surface area contributed by atoms with Crippen molar-refractivity contribution in [1.29, 1.82) is 0 Å². The Hall–Kier alpha value is -2.96. The summed E-state index contributed by atoms with van der Waals surface area (Å²) in [4.78, 5) is 16.9. The third-order valence-electron chi connectivity index (χ3n) is 5.53. The van der Waals surface area contributed by atoms with E-state index >= 15 is 0 Å². The fourth-order valence-electron chi connectivity index (χ4n) is 4.06. The fraction of sp³-hybridized carbons (Fsp3) is 0.217. The molecule has 1 aliphatic heterocycles. The number of halogens is 2. The summed E-state index contributed by atoms with van der Waals surface area (Å²) in [6.07, 6.45) is 3.67. The van der Waals surface area contributed by atoms with Crippen LogP contribution in [0.5, 0.6) is 0 Å². The van der Waals surface area contributed by atoms with Crippen LogP contribution < -0.4 is 0 Å². The first-order valence-electron chi connectivity index (χ1n) is 9.82. The Kier molecular flexibility index (Phi) is 4.68. The fourth-order valence-corrected chi connectivity index (χ4v) is 4.18. The summed E-state index contributed by atoms with van der Waals surface area (Å²) in [5, 5.41) is 5.38. The van der Waals surface area contributed by atoms with Crippen LogP contribution in [0.1, 0.15) is 33.7 Å². The van der Waals surface area contributed by atoms with Gasteiger partial charge in [0.05, 0.1) is 24.7 Å². The molecule has 2 aromatic carbocycles. The van der Waals surface area contributed by atoms with E-state index in [4.69, 9.17) is 11.6 Å². The lowest BCUT2D eigenvalue weighted by Gasteiger charge is -2.39. The average molecular weight is 423 g/mol. The van der Waals surface area contributed by atoms with Gasteiger partial charge in [0.25, 0.3) is 5.91 Å². The van der Waals surface area contributed by atoms with Gasteiger partial charge >= 0.3 is 0 Å². The number of hydrogen-bond donors (Lipinski definition) is 0. The van der Waals surface area contributed by atoms with Crippen molar-refractivity contribution in [3.8, 4) is 5.69 Å². The lowest BCUT2D eigenvalue weighted by atomic mass is 10.1. The normalized spacial score (nSPS) is 17.3. The van der Waals surface area contributed by atoms with E-state index in [0.29, 0.717) is 24.1 Å². The molecule has 152 valence electrons. The van der Waals surface area contributed by atoms with Gasteiger partial charge in [-0.2, -0.15) is 5.10 Å². The number of fused-ring (bicyclic) bond motifs is 1. The van der Waals surface area contributed by atoms with Gasteiger partial charge in [0.1, 0.15) is 5.82 Å². The average Bonchev–Trinajstić information content (AvgIpc) is 3.29. The van der Waals surface area contributed by atoms with E-state index in [2.05, 4.69) is 16.1 Å². The van der Waals surface area contributed by atoms with Gasteiger partial charge in [-0.25, -0.2) is 9.07 Å². The Bertz CT molecular complexity index is 1150. The van der Waals surface area contributed by atoms with Gasteiger partial charge in [-0.3, -0.25) is 9.69 Å². The van der Waals surface area contributed by atoms with E-state index in [1.54, 1.807) is 21.7 Å². The van der Waals surface area contributed by atoms with Crippen LogP contribution in [-0.2, 0) is 6.42 Å². The van der Waals surface area contributed by atoms with Crippen LogP contribution in [0.25, 0.3) is 17.3 Å². The molecule has 0 radical (unpaired) electrons. The highest BCUT2D eigenvalue weighted by Crippen LogP contribution is 2.38. The third-order valence-corrected chi connectivity index (χ3v) is 5.78. The van der Waals surface area contributed by atoms with E-state index in [9.17, 15) is 9.18 Å². The van der Waals surface area contributed by atoms with Crippen molar-refractivity contribution in [3.05, 3.63) is 81.9 Å². The summed E-state index contributed by atoms with van der Waals surface area (Å²) in [5.74, 6) is -0.364. The molecule has 1 fully saturated rings. The first kappa shape index (κ1) is 19.0. The van der Waals surface area contributed by atoms with Crippen LogP contribution in [0.15, 0.2) is 48.5 Å². The molecular formula is C23H20ClFN4O. The van der Waals surface area contributed by atoms with Crippen LogP contribution in [0.2, 0.25) is 5.02 Å². The number of nitrogens with zero attached hydrogens (tertiary/aromatic N) is 4. The summed E-state index contributed by atoms with van der Waals surface area (Å²) in [7, 11) is 1.97. The lowest BCUT2D eigenvalue weighted by Crippen LogP contribution is -2.55. The molecule has 1 saturated heterocycles. The van der Waals surface area contributed by atoms with E-state index in [1.807, 2.05) is 31.3 Å². The highest BCUT2D eigenvalue weighted by atomic mass is 35.5. The largest absolute Gasteiger partial charge is 0.311 e. The van der Waals surface area contributed by atoms with Gasteiger partial charge in [0.2, 0.25) is 0 Å². The number of aromatic nitrogens is 2. The molecular weight excluding hydrogens is 403 g/mol. The topological polar surface area (TPSA) is 41.4 Å². The molecule has 3 aromatic rings. The maximum Gasteiger partial charge on any atom is 0.276 e. The zero-order valence-corrected chi connectivity index (χ0v) is 17.2. The van der Waals surface area contributed by atoms with Crippen molar-refractivity contribution in [2.75, 3.05) is 20.4 Å². The molecule has 0 saturated carbocycles. The zero-order valence-electron chi connectivity index (χ0n) is 16.5. The van der Waals surface area contributed by atoms with E-state index < -0.39 is 0 Å². The second-order valence-corrected chi connectivity index (χ2v) is 8.21. The van der Waals surface area contributed by atoms with E-state index in [1.165, 1.54) is 12.1 Å². The predicted molar refractivity (Wildman–Crippen MR) is 115 cm³/mol. The Labute approximate surface area is 179 Å². The Morgan fingerprint density at radius 2 is 1.77 bits per heavy atom. The van der Waals surface area contributed by atoms with Crippen LogP contribution in [0.3, 0.4) is 0 Å². The Morgan fingerprint density at radius 3 is 2.43 bits per heavy atom. The summed E-state index contributed by atoms with van der Waals surface area (Å²) in [6.45, 7) is 1.20. The van der Waals surface area contributed by atoms with E-state index in [-0.39, 0.29) is 11.7 Å². The third kappa shape index (κ3) is 3.32. The molecule has 1 aromatic heterocycles. The summed E-state index contributed by atoms with van der Waals surface area (Å²) in [6, 6.07) is 13.8. The monoisotopic (exact) mass is 422 g/mol. The lowest BCUT2D eigenvalue weighted by molar-refractivity contribution is -0.000479. The first-order chi connectivity index (χ1) is 14.5. The molecule has 0 spiro atoms. The molecule has 2 heterocycles. The van der Waals surface area contributed by atoms with Crippen molar-refractivity contribution >= 4 is 29.2 Å². The molecule has 5 nitrogen and oxygen atoms in total. The zero-order chi connectivity index (χ0) is 20.8. The van der Waals surface area contributed by atoms with Gasteiger partial charge in [0.15, 0.2) is 5.69 Å². The number of carbonyl (C=O) groups is 1. The predicted octanol–water partition coefficient (Wildman–Crippen LogP) is 4.45. The van der Waals surface area contributed by atoms with Gasteiger partial charge in [-0.15, -0.1) is 0 Å². The standard InChI is InChI=1S/C23H20ClFN4O/c1-27-13-28(14-27)23(30)21-20-11-4-16(12-15-2-5-17(24)6-3-15)22(20)29(26-21)19-9-7-18(25)8-10-19/h2-3,5-10,12H,4,11,13-14H2,1H3/b16-12+. The van der Waals surface area contributed by atoms with Crippen molar-refractivity contribution < 1.29 is 9.18 Å². The molecule has 0 N–H and O–H groups in total. The minimum Gasteiger partial charge on any atom is -0.311 e. The molecule has 1 aliphatic carbocycles. The molecule has 30 heavy (non-hydrogen) atoms. The molecule has 2 aliphatic rings. The van der Waals surface area contributed by atoms with Gasteiger partial charge < -0.3 is 4.90 Å². The van der Waals surface area contributed by atoms with Crippen LogP contribution in [0.4, 0.5) is 4.39 Å². The Balaban J connectivity index is 1.61. The number of amides is 1. The molecule has 1 amide bonds. The molecule has 7 heteroatoms. The van der Waals surface area contributed by atoms with Crippen LogP contribution >= 0.6 is 11.6 Å². The smallest absolute Gasteiger partial charge is 0.276 e. The van der Waals surface area contributed by atoms with Crippen molar-refractivity contribution in [3.63, 3.8) is 0 Å². The number of benzene rings is 2. The molecule has 0 bridgehead atoms. The second kappa shape index (κ2) is 7.38. The van der Waals surface area contributed by atoms with Crippen molar-refractivity contribution in [2.45, 2.75) is 12.8 Å². The summed E-state index contributed by atoms with van der Waals surface area (Å²) in [5.41, 5.74) is 5.24. The molecule has 0 unspecified atom stereocenters. The van der Waals surface area contributed by atoms with Gasteiger partial charge in [-0.05, 0) is 73.5 Å². The number of allylic oxidation sites excluding steroid dienone is 1. The highest BCUT2D eigenvalue weighted by molar-refractivity contribution is 6.30. The number of carbonyl (C=O) groups excluding carboxylic acids is 1. The van der Waals surface area contributed by atoms with Crippen LogP contribution in [0, 0.1) is 5.82 Å². The first-order valence-corrected chi connectivity index (χ1v) is 10.2. The summed E-state index contributed by atoms with van der Waals surface area (Å²) >= 11 is 6.01. The van der Waals surface area contributed by atoms with Gasteiger partial charge in [-0.1, -0.05) is 23.7 Å². The maximum absolute atomic E-state index is 13.5. The Morgan fingerprint density at radius 1 is 1.07 bits per heavy atom. The second-order valence-electron chi connectivity index (χ2n) is 7.77. The molecule has 0 atom stereocenters. The number of hydrogen-bond acceptors (Lipinski definition) is 3. The maximum atomic E-state index is 13.5. The van der Waals surface area contributed by atoms with Crippen LogP contribution in [-0.4, -0.2) is 45.9 Å². The summed E-state index contributed by atoms with van der Waals surface area (Å²) < 4.78 is 15.3. The quantitative estimate of drug-likeness (QED) is 0.626. The van der Waals surface area contributed by atoms with E-state index in [0.717, 1.165) is 40.9 Å². The SMILES string of the molecule is CN1CN(C(=O)c2nn(-c3ccc(F)cc3)c3c2CC/C3=C\c2ccc(Cl)cc2)C1. The van der Waals surface area contributed by atoms with Crippen molar-refractivity contribution in [1.82, 2.24) is 19.6 Å². The highest BCUT2D eigenvalue weighted by Gasteiger charge is 2.34. The van der Waals surface area contributed by atoms with Crippen molar-refractivity contribution in [2.24, 2.45) is 0 Å². The minimum absolute atomic E-state index is 0.0574.